The SMILES string of the molecule is CCC(NC)C(N)CC1CCCCC1. The first-order valence-electron chi connectivity index (χ1n) is 6.20. The van der Waals surface area contributed by atoms with E-state index in [-0.39, 0.29) is 0 Å². The van der Waals surface area contributed by atoms with Crippen LogP contribution in [0.1, 0.15) is 51.9 Å². The van der Waals surface area contributed by atoms with Crippen LogP contribution in [0, 0.1) is 5.92 Å². The molecule has 0 radical (unpaired) electrons. The molecule has 0 aromatic rings. The fourth-order valence-electron chi connectivity index (χ4n) is 2.69. The van der Waals surface area contributed by atoms with Crippen LogP contribution in [0.15, 0.2) is 0 Å². The van der Waals surface area contributed by atoms with Gasteiger partial charge < -0.3 is 11.1 Å². The Kier molecular flexibility index (Phi) is 5.49. The Morgan fingerprint density at radius 2 is 1.93 bits per heavy atom. The van der Waals surface area contributed by atoms with Crippen molar-refractivity contribution in [3.05, 3.63) is 0 Å². The maximum absolute atomic E-state index is 6.21. The second-order valence-corrected chi connectivity index (χ2v) is 4.71. The van der Waals surface area contributed by atoms with Gasteiger partial charge in [0, 0.05) is 12.1 Å². The molecular weight excluding hydrogens is 172 g/mol. The van der Waals surface area contributed by atoms with Crippen molar-refractivity contribution in [2.45, 2.75) is 64.0 Å². The highest BCUT2D eigenvalue weighted by Crippen LogP contribution is 2.27. The molecule has 2 unspecified atom stereocenters. The van der Waals surface area contributed by atoms with E-state index >= 15 is 0 Å². The lowest BCUT2D eigenvalue weighted by molar-refractivity contribution is 0.290. The lowest BCUT2D eigenvalue weighted by atomic mass is 9.83. The number of hydrogen-bond donors (Lipinski definition) is 2. The average molecular weight is 198 g/mol. The molecule has 2 nitrogen and oxygen atoms in total. The Labute approximate surface area is 88.6 Å². The van der Waals surface area contributed by atoms with Gasteiger partial charge in [-0.05, 0) is 25.8 Å². The average Bonchev–Trinajstić information content (AvgIpc) is 2.21. The number of rotatable bonds is 5. The molecule has 0 amide bonds. The van der Waals surface area contributed by atoms with E-state index in [0.717, 1.165) is 12.3 Å². The van der Waals surface area contributed by atoms with Gasteiger partial charge in [-0.25, -0.2) is 0 Å². The summed E-state index contributed by atoms with van der Waals surface area (Å²) in [6.45, 7) is 2.21. The molecule has 1 aliphatic rings. The lowest BCUT2D eigenvalue weighted by Crippen LogP contribution is -2.44. The predicted molar refractivity (Wildman–Crippen MR) is 62.3 cm³/mol. The Morgan fingerprint density at radius 3 is 2.43 bits per heavy atom. The fraction of sp³-hybridized carbons (Fsp3) is 1.00. The van der Waals surface area contributed by atoms with Crippen molar-refractivity contribution in [1.82, 2.24) is 5.32 Å². The summed E-state index contributed by atoms with van der Waals surface area (Å²) >= 11 is 0. The normalized spacial score (nSPS) is 23.4. The van der Waals surface area contributed by atoms with E-state index in [1.165, 1.54) is 38.5 Å². The molecule has 0 saturated heterocycles. The van der Waals surface area contributed by atoms with E-state index < -0.39 is 0 Å². The van der Waals surface area contributed by atoms with Crippen molar-refractivity contribution in [1.29, 1.82) is 0 Å². The van der Waals surface area contributed by atoms with Crippen LogP contribution in [-0.4, -0.2) is 19.1 Å². The van der Waals surface area contributed by atoms with Gasteiger partial charge in [-0.3, -0.25) is 0 Å². The molecule has 2 atom stereocenters. The minimum atomic E-state index is 0.355. The maximum Gasteiger partial charge on any atom is 0.0213 e. The van der Waals surface area contributed by atoms with Crippen LogP contribution in [-0.2, 0) is 0 Å². The lowest BCUT2D eigenvalue weighted by Gasteiger charge is -2.28. The molecule has 0 aromatic carbocycles. The molecule has 0 aromatic heterocycles. The Hall–Kier alpha value is -0.0800. The van der Waals surface area contributed by atoms with E-state index in [9.17, 15) is 0 Å². The molecule has 0 spiro atoms. The summed E-state index contributed by atoms with van der Waals surface area (Å²) in [5.41, 5.74) is 6.21. The highest BCUT2D eigenvalue weighted by atomic mass is 14.9. The molecule has 0 heterocycles. The molecule has 3 N–H and O–H groups in total. The van der Waals surface area contributed by atoms with Gasteiger partial charge in [0.2, 0.25) is 0 Å². The first kappa shape index (κ1) is 12.0. The van der Waals surface area contributed by atoms with E-state index in [1.54, 1.807) is 0 Å². The fourth-order valence-corrected chi connectivity index (χ4v) is 2.69. The maximum atomic E-state index is 6.21. The molecule has 1 rings (SSSR count). The molecule has 0 aliphatic heterocycles. The van der Waals surface area contributed by atoms with Gasteiger partial charge in [0.05, 0.1) is 0 Å². The third-order valence-electron chi connectivity index (χ3n) is 3.66. The third kappa shape index (κ3) is 3.58. The van der Waals surface area contributed by atoms with Crippen LogP contribution in [0.3, 0.4) is 0 Å². The van der Waals surface area contributed by atoms with Crippen molar-refractivity contribution in [2.24, 2.45) is 11.7 Å². The van der Waals surface area contributed by atoms with Crippen molar-refractivity contribution >= 4 is 0 Å². The Bertz CT molecular complexity index is 137. The van der Waals surface area contributed by atoms with E-state index in [4.69, 9.17) is 5.73 Å². The first-order chi connectivity index (χ1) is 6.77. The van der Waals surface area contributed by atoms with Crippen molar-refractivity contribution in [3.8, 4) is 0 Å². The largest absolute Gasteiger partial charge is 0.326 e. The van der Waals surface area contributed by atoms with E-state index in [1.807, 2.05) is 7.05 Å². The zero-order valence-corrected chi connectivity index (χ0v) is 9.76. The predicted octanol–water partition coefficient (Wildman–Crippen LogP) is 2.28. The van der Waals surface area contributed by atoms with Gasteiger partial charge in [-0.2, -0.15) is 0 Å². The highest BCUT2D eigenvalue weighted by Gasteiger charge is 2.20. The van der Waals surface area contributed by atoms with Crippen LogP contribution in [0.25, 0.3) is 0 Å². The number of nitrogens with two attached hydrogens (primary N) is 1. The van der Waals surface area contributed by atoms with E-state index in [0.29, 0.717) is 12.1 Å². The quantitative estimate of drug-likeness (QED) is 0.711. The monoisotopic (exact) mass is 198 g/mol. The molecule has 0 bridgehead atoms. The summed E-state index contributed by atoms with van der Waals surface area (Å²) in [6.07, 6.45) is 9.47. The van der Waals surface area contributed by atoms with Crippen LogP contribution in [0.5, 0.6) is 0 Å². The van der Waals surface area contributed by atoms with Gasteiger partial charge >= 0.3 is 0 Å². The van der Waals surface area contributed by atoms with Gasteiger partial charge in [-0.15, -0.1) is 0 Å². The summed E-state index contributed by atoms with van der Waals surface area (Å²) in [5, 5.41) is 3.32. The number of likely N-dealkylation sites (N-methyl/N-ethyl adjacent to an activating group) is 1. The van der Waals surface area contributed by atoms with Gasteiger partial charge in [0.25, 0.3) is 0 Å². The van der Waals surface area contributed by atoms with Crippen molar-refractivity contribution in [3.63, 3.8) is 0 Å². The topological polar surface area (TPSA) is 38.0 Å². The van der Waals surface area contributed by atoms with Gasteiger partial charge in [-0.1, -0.05) is 39.0 Å². The van der Waals surface area contributed by atoms with Crippen LogP contribution < -0.4 is 11.1 Å². The molecule has 84 valence electrons. The van der Waals surface area contributed by atoms with Crippen LogP contribution >= 0.6 is 0 Å². The van der Waals surface area contributed by atoms with Crippen molar-refractivity contribution < 1.29 is 0 Å². The molecule has 1 aliphatic carbocycles. The molecule has 2 heteroatoms. The second kappa shape index (κ2) is 6.41. The minimum Gasteiger partial charge on any atom is -0.326 e. The molecule has 1 fully saturated rings. The smallest absolute Gasteiger partial charge is 0.0213 e. The number of hydrogen-bond acceptors (Lipinski definition) is 2. The van der Waals surface area contributed by atoms with Crippen LogP contribution in [0.2, 0.25) is 0 Å². The molecule has 1 saturated carbocycles. The van der Waals surface area contributed by atoms with Crippen LogP contribution in [0.4, 0.5) is 0 Å². The summed E-state index contributed by atoms with van der Waals surface area (Å²) in [5.74, 6) is 0.904. The number of nitrogens with one attached hydrogen (secondary N) is 1. The summed E-state index contributed by atoms with van der Waals surface area (Å²) in [4.78, 5) is 0. The zero-order valence-electron chi connectivity index (χ0n) is 9.76. The second-order valence-electron chi connectivity index (χ2n) is 4.71. The van der Waals surface area contributed by atoms with Gasteiger partial charge in [0.1, 0.15) is 0 Å². The zero-order chi connectivity index (χ0) is 10.4. The summed E-state index contributed by atoms with van der Waals surface area (Å²) < 4.78 is 0. The highest BCUT2D eigenvalue weighted by molar-refractivity contribution is 4.80. The summed E-state index contributed by atoms with van der Waals surface area (Å²) in [7, 11) is 2.02. The third-order valence-corrected chi connectivity index (χ3v) is 3.66. The minimum absolute atomic E-state index is 0.355. The van der Waals surface area contributed by atoms with Crippen molar-refractivity contribution in [2.75, 3.05) is 7.05 Å². The standard InChI is InChI=1S/C12H26N2/c1-3-12(14-2)11(13)9-10-7-5-4-6-8-10/h10-12,14H,3-9,13H2,1-2H3. The molecular formula is C12H26N2. The summed E-state index contributed by atoms with van der Waals surface area (Å²) in [6, 6.07) is 0.866. The van der Waals surface area contributed by atoms with E-state index in [2.05, 4.69) is 12.2 Å². The molecule has 14 heavy (non-hydrogen) atoms. The van der Waals surface area contributed by atoms with Gasteiger partial charge in [0.15, 0.2) is 0 Å². The Balaban J connectivity index is 2.26. The Morgan fingerprint density at radius 1 is 1.29 bits per heavy atom. The first-order valence-corrected chi connectivity index (χ1v) is 6.20.